The zero-order valence-electron chi connectivity index (χ0n) is 13.0. The molecule has 6 heteroatoms. The van der Waals surface area contributed by atoms with Crippen LogP contribution in [0.1, 0.15) is 12.8 Å². The fraction of sp³-hybridized carbons (Fsp3) is 0.533. The van der Waals surface area contributed by atoms with Crippen LogP contribution < -0.4 is 11.1 Å². The van der Waals surface area contributed by atoms with Crippen LogP contribution >= 0.6 is 0 Å². The number of carbonyl (C=O) groups excluding carboxylic acids is 1. The van der Waals surface area contributed by atoms with Crippen molar-refractivity contribution in [1.82, 2.24) is 9.80 Å². The Bertz CT molecular complexity index is 465. The summed E-state index contributed by atoms with van der Waals surface area (Å²) in [6.45, 7) is 2.77. The van der Waals surface area contributed by atoms with Crippen LogP contribution in [-0.4, -0.2) is 56.5 Å². The zero-order valence-corrected chi connectivity index (χ0v) is 13.0. The van der Waals surface area contributed by atoms with Crippen LogP contribution in [0.2, 0.25) is 0 Å². The number of hydrogen-bond donors (Lipinski definition) is 2. The molecule has 1 aromatic carbocycles. The van der Waals surface area contributed by atoms with E-state index in [0.29, 0.717) is 12.1 Å². The molecular formula is C15H25FN4O. The van der Waals surface area contributed by atoms with Crippen LogP contribution in [0.15, 0.2) is 18.2 Å². The third-order valence-corrected chi connectivity index (χ3v) is 3.14. The van der Waals surface area contributed by atoms with Gasteiger partial charge in [0.2, 0.25) is 5.91 Å². The molecule has 5 nitrogen and oxygen atoms in total. The Morgan fingerprint density at radius 2 is 1.95 bits per heavy atom. The van der Waals surface area contributed by atoms with E-state index >= 15 is 0 Å². The molecule has 0 atom stereocenters. The molecule has 1 rings (SSSR count). The zero-order chi connectivity index (χ0) is 15.8. The third-order valence-electron chi connectivity index (χ3n) is 3.14. The van der Waals surface area contributed by atoms with Crippen LogP contribution in [-0.2, 0) is 4.79 Å². The highest BCUT2D eigenvalue weighted by atomic mass is 19.1. The SMILES string of the molecule is CN(C)CCN(C)CCCC(=O)Nc1cc(N)ccc1F. The molecule has 0 aromatic heterocycles. The second-order valence-corrected chi connectivity index (χ2v) is 5.50. The summed E-state index contributed by atoms with van der Waals surface area (Å²) in [6, 6.07) is 4.14. The summed E-state index contributed by atoms with van der Waals surface area (Å²) < 4.78 is 13.5. The van der Waals surface area contributed by atoms with Gasteiger partial charge in [0.15, 0.2) is 0 Å². The van der Waals surface area contributed by atoms with Gasteiger partial charge in [0, 0.05) is 25.2 Å². The maximum absolute atomic E-state index is 13.5. The van der Waals surface area contributed by atoms with Crippen molar-refractivity contribution in [2.45, 2.75) is 12.8 Å². The first-order valence-corrected chi connectivity index (χ1v) is 7.06. The molecule has 0 aliphatic carbocycles. The molecule has 1 amide bonds. The monoisotopic (exact) mass is 296 g/mol. The van der Waals surface area contributed by atoms with E-state index in [-0.39, 0.29) is 11.6 Å². The van der Waals surface area contributed by atoms with Crippen LogP contribution in [0.4, 0.5) is 15.8 Å². The minimum absolute atomic E-state index is 0.140. The van der Waals surface area contributed by atoms with Crippen molar-refractivity contribution >= 4 is 17.3 Å². The second kappa shape index (κ2) is 8.59. The van der Waals surface area contributed by atoms with Crippen molar-refractivity contribution in [2.24, 2.45) is 0 Å². The summed E-state index contributed by atoms with van der Waals surface area (Å²) >= 11 is 0. The van der Waals surface area contributed by atoms with Gasteiger partial charge < -0.3 is 20.9 Å². The summed E-state index contributed by atoms with van der Waals surface area (Å²) in [5.41, 5.74) is 6.14. The Hall–Kier alpha value is -1.66. The van der Waals surface area contributed by atoms with Crippen molar-refractivity contribution in [3.8, 4) is 0 Å². The lowest BCUT2D eigenvalue weighted by atomic mass is 10.2. The minimum Gasteiger partial charge on any atom is -0.399 e. The van der Waals surface area contributed by atoms with E-state index in [1.807, 2.05) is 21.1 Å². The highest BCUT2D eigenvalue weighted by molar-refractivity contribution is 5.91. The van der Waals surface area contributed by atoms with Crippen molar-refractivity contribution in [1.29, 1.82) is 0 Å². The molecule has 0 bridgehead atoms. The predicted octanol–water partition coefficient (Wildman–Crippen LogP) is 1.62. The van der Waals surface area contributed by atoms with E-state index < -0.39 is 5.82 Å². The molecule has 21 heavy (non-hydrogen) atoms. The number of nitrogen functional groups attached to an aromatic ring is 1. The highest BCUT2D eigenvalue weighted by Gasteiger charge is 2.08. The largest absolute Gasteiger partial charge is 0.399 e. The van der Waals surface area contributed by atoms with E-state index in [1.165, 1.54) is 18.2 Å². The Morgan fingerprint density at radius 1 is 1.24 bits per heavy atom. The molecule has 3 N–H and O–H groups in total. The molecule has 118 valence electrons. The molecule has 0 radical (unpaired) electrons. The average molecular weight is 296 g/mol. The van der Waals surface area contributed by atoms with Crippen molar-refractivity contribution in [3.63, 3.8) is 0 Å². The molecule has 0 saturated heterocycles. The number of halogens is 1. The van der Waals surface area contributed by atoms with E-state index in [2.05, 4.69) is 15.1 Å². The topological polar surface area (TPSA) is 61.6 Å². The number of nitrogens with two attached hydrogens (primary N) is 1. The second-order valence-electron chi connectivity index (χ2n) is 5.50. The van der Waals surface area contributed by atoms with Gasteiger partial charge in [-0.15, -0.1) is 0 Å². The molecular weight excluding hydrogens is 271 g/mol. The van der Waals surface area contributed by atoms with Crippen LogP contribution in [0.25, 0.3) is 0 Å². The molecule has 0 fully saturated rings. The van der Waals surface area contributed by atoms with Gasteiger partial charge in [-0.2, -0.15) is 0 Å². The van der Waals surface area contributed by atoms with Crippen LogP contribution in [0, 0.1) is 5.82 Å². The molecule has 0 unspecified atom stereocenters. The number of benzene rings is 1. The summed E-state index contributed by atoms with van der Waals surface area (Å²) in [6.07, 6.45) is 1.10. The molecule has 0 aliphatic heterocycles. The predicted molar refractivity (Wildman–Crippen MR) is 84.7 cm³/mol. The van der Waals surface area contributed by atoms with Gasteiger partial charge >= 0.3 is 0 Å². The summed E-state index contributed by atoms with van der Waals surface area (Å²) in [5, 5.41) is 2.55. The minimum atomic E-state index is -0.472. The number of nitrogens with one attached hydrogen (secondary N) is 1. The summed E-state index contributed by atoms with van der Waals surface area (Å²) in [7, 11) is 6.09. The lowest BCUT2D eigenvalue weighted by Gasteiger charge is -2.19. The number of hydrogen-bond acceptors (Lipinski definition) is 4. The van der Waals surface area contributed by atoms with Gasteiger partial charge in [-0.3, -0.25) is 4.79 Å². The van der Waals surface area contributed by atoms with Crippen LogP contribution in [0.5, 0.6) is 0 Å². The van der Waals surface area contributed by atoms with Gasteiger partial charge in [-0.1, -0.05) is 0 Å². The molecule has 0 saturated carbocycles. The molecule has 0 heterocycles. The first-order chi connectivity index (χ1) is 9.88. The Morgan fingerprint density at radius 3 is 2.62 bits per heavy atom. The maximum Gasteiger partial charge on any atom is 0.224 e. The van der Waals surface area contributed by atoms with Gasteiger partial charge in [-0.25, -0.2) is 4.39 Å². The molecule has 1 aromatic rings. The number of carbonyl (C=O) groups is 1. The van der Waals surface area contributed by atoms with Crippen molar-refractivity contribution in [3.05, 3.63) is 24.0 Å². The van der Waals surface area contributed by atoms with Gasteiger partial charge in [-0.05, 0) is 52.3 Å². The van der Waals surface area contributed by atoms with E-state index in [1.54, 1.807) is 0 Å². The third kappa shape index (κ3) is 7.06. The van der Waals surface area contributed by atoms with Gasteiger partial charge in [0.25, 0.3) is 0 Å². The average Bonchev–Trinajstić information content (AvgIpc) is 2.40. The van der Waals surface area contributed by atoms with Crippen LogP contribution in [0.3, 0.4) is 0 Å². The summed E-state index contributed by atoms with van der Waals surface area (Å²) in [5.74, 6) is -0.666. The number of anilines is 2. The number of likely N-dealkylation sites (N-methyl/N-ethyl adjacent to an activating group) is 2. The lowest BCUT2D eigenvalue weighted by molar-refractivity contribution is -0.116. The molecule has 0 spiro atoms. The highest BCUT2D eigenvalue weighted by Crippen LogP contribution is 2.17. The Labute approximate surface area is 125 Å². The number of rotatable bonds is 8. The quantitative estimate of drug-likeness (QED) is 0.716. The normalized spacial score (nSPS) is 11.1. The number of nitrogens with zero attached hydrogens (tertiary/aromatic N) is 2. The first-order valence-electron chi connectivity index (χ1n) is 7.06. The van der Waals surface area contributed by atoms with E-state index in [9.17, 15) is 9.18 Å². The maximum atomic E-state index is 13.5. The standard InChI is InChI=1S/C15H25FN4O/c1-19(2)9-10-20(3)8-4-5-15(21)18-14-11-12(17)6-7-13(14)16/h6-7,11H,4-5,8-10,17H2,1-3H3,(H,18,21). The smallest absolute Gasteiger partial charge is 0.224 e. The fourth-order valence-corrected chi connectivity index (χ4v) is 1.84. The van der Waals surface area contributed by atoms with Gasteiger partial charge in [0.1, 0.15) is 5.82 Å². The van der Waals surface area contributed by atoms with Gasteiger partial charge in [0.05, 0.1) is 5.69 Å². The van der Waals surface area contributed by atoms with Crippen molar-refractivity contribution in [2.75, 3.05) is 51.8 Å². The lowest BCUT2D eigenvalue weighted by Crippen LogP contribution is -2.29. The van der Waals surface area contributed by atoms with Crippen molar-refractivity contribution < 1.29 is 9.18 Å². The molecule has 0 aliphatic rings. The van der Waals surface area contributed by atoms with E-state index in [4.69, 9.17) is 5.73 Å². The first kappa shape index (κ1) is 17.4. The van der Waals surface area contributed by atoms with E-state index in [0.717, 1.165) is 26.1 Å². The fourth-order valence-electron chi connectivity index (χ4n) is 1.84. The summed E-state index contributed by atoms with van der Waals surface area (Å²) in [4.78, 5) is 16.1. The Balaban J connectivity index is 2.29. The number of amides is 1. The Kier molecular flexibility index (Phi) is 7.11.